The minimum atomic E-state index is -1.39. The molecule has 0 aromatic heterocycles. The zero-order valence-electron chi connectivity index (χ0n) is 18.9. The van der Waals surface area contributed by atoms with E-state index in [0.717, 1.165) is 5.69 Å². The fourth-order valence-corrected chi connectivity index (χ4v) is 3.29. The summed E-state index contributed by atoms with van der Waals surface area (Å²) in [4.78, 5) is 20.2. The number of nitrogens with one attached hydrogen (secondary N) is 1. The first kappa shape index (κ1) is 24.1. The predicted octanol–water partition coefficient (Wildman–Crippen LogP) is 4.69. The van der Waals surface area contributed by atoms with Crippen LogP contribution in [0.15, 0.2) is 53.8 Å². The fraction of sp³-hybridized carbons (Fsp3) is 0.458. The second kappa shape index (κ2) is 10.8. The Balaban J connectivity index is 0.00000512. The summed E-state index contributed by atoms with van der Waals surface area (Å²) < 4.78 is 14.9. The lowest BCUT2D eigenvalue weighted by Gasteiger charge is -2.36. The van der Waals surface area contributed by atoms with Crippen molar-refractivity contribution in [3.05, 3.63) is 54.4 Å². The largest absolute Gasteiger partial charge is 0.353 e. The predicted molar refractivity (Wildman–Crippen MR) is 125 cm³/mol. The van der Waals surface area contributed by atoms with Crippen LogP contribution in [0.4, 0.5) is 10.1 Å². The SMILES string of the molecule is C=C(Nc1ccc(C(C)(F)C(C)C)cc1)C(=N/C=C\C)N1CCN(C(=O)CC#N)CC1.[HH]. The van der Waals surface area contributed by atoms with Gasteiger partial charge in [-0.25, -0.2) is 9.38 Å². The molecule has 1 heterocycles. The summed E-state index contributed by atoms with van der Waals surface area (Å²) in [6.45, 7) is 13.6. The van der Waals surface area contributed by atoms with Crippen molar-refractivity contribution in [2.24, 2.45) is 10.9 Å². The van der Waals surface area contributed by atoms with Gasteiger partial charge < -0.3 is 15.1 Å². The van der Waals surface area contributed by atoms with Gasteiger partial charge in [0.05, 0.1) is 11.8 Å². The lowest BCUT2D eigenvalue weighted by Crippen LogP contribution is -2.51. The van der Waals surface area contributed by atoms with Gasteiger partial charge >= 0.3 is 0 Å². The molecule has 1 fully saturated rings. The van der Waals surface area contributed by atoms with Crippen LogP contribution >= 0.6 is 0 Å². The van der Waals surface area contributed by atoms with Gasteiger partial charge in [-0.1, -0.05) is 38.6 Å². The Morgan fingerprint density at radius 3 is 2.42 bits per heavy atom. The number of halogens is 1. The third-order valence-electron chi connectivity index (χ3n) is 5.61. The van der Waals surface area contributed by atoms with Crippen molar-refractivity contribution in [1.82, 2.24) is 9.80 Å². The molecular formula is C24H34FN5O. The standard InChI is InChI=1S/C24H32FN5O.H2/c1-6-13-27-23(30-16-14-29(15-17-30)22(31)11-12-26)19(4)28-21-9-7-20(8-10-21)24(5,25)18(2)3;/h6-10,13,18,28H,4,11,14-17H2,1-3,5H3;1H/b13-6-,27-23?;. The maximum Gasteiger partial charge on any atom is 0.236 e. The number of carbonyl (C=O) groups is 1. The molecule has 7 heteroatoms. The molecule has 1 aliphatic heterocycles. The lowest BCUT2D eigenvalue weighted by atomic mass is 9.87. The molecular weight excluding hydrogens is 393 g/mol. The van der Waals surface area contributed by atoms with Crippen molar-refractivity contribution >= 4 is 17.4 Å². The summed E-state index contributed by atoms with van der Waals surface area (Å²) in [5.74, 6) is 0.416. The molecule has 6 nitrogen and oxygen atoms in total. The third kappa shape index (κ3) is 6.17. The Kier molecular flexibility index (Phi) is 8.38. The molecule has 2 rings (SSSR count). The third-order valence-corrected chi connectivity index (χ3v) is 5.61. The van der Waals surface area contributed by atoms with Crippen LogP contribution in [0.3, 0.4) is 0 Å². The van der Waals surface area contributed by atoms with Gasteiger partial charge in [0, 0.05) is 39.5 Å². The number of hydrogen-bond acceptors (Lipinski definition) is 4. The van der Waals surface area contributed by atoms with E-state index in [1.54, 1.807) is 30.2 Å². The normalized spacial score (nSPS) is 16.9. The Bertz CT molecular complexity index is 879. The van der Waals surface area contributed by atoms with Crippen LogP contribution in [0.25, 0.3) is 0 Å². The molecule has 0 bridgehead atoms. The van der Waals surface area contributed by atoms with Crippen molar-refractivity contribution < 1.29 is 10.6 Å². The van der Waals surface area contributed by atoms with Gasteiger partial charge in [0.2, 0.25) is 5.91 Å². The quantitative estimate of drug-likeness (QED) is 0.506. The van der Waals surface area contributed by atoms with Gasteiger partial charge in [0.1, 0.15) is 12.1 Å². The Labute approximate surface area is 186 Å². The molecule has 1 unspecified atom stereocenters. The van der Waals surface area contributed by atoms with E-state index >= 15 is 0 Å². The Hall–Kier alpha value is -3.14. The lowest BCUT2D eigenvalue weighted by molar-refractivity contribution is -0.131. The van der Waals surface area contributed by atoms with Gasteiger partial charge in [0.15, 0.2) is 5.84 Å². The van der Waals surface area contributed by atoms with E-state index in [1.165, 1.54) is 0 Å². The number of piperazine rings is 1. The summed E-state index contributed by atoms with van der Waals surface area (Å²) >= 11 is 0. The molecule has 168 valence electrons. The molecule has 1 aliphatic rings. The average Bonchev–Trinajstić information content (AvgIpc) is 2.75. The molecule has 31 heavy (non-hydrogen) atoms. The molecule has 0 aliphatic carbocycles. The number of carbonyl (C=O) groups excluding carboxylic acids is 1. The number of amides is 1. The molecule has 1 aromatic rings. The van der Waals surface area contributed by atoms with Crippen molar-refractivity contribution in [3.8, 4) is 6.07 Å². The van der Waals surface area contributed by atoms with E-state index < -0.39 is 5.67 Å². The topological polar surface area (TPSA) is 71.7 Å². The van der Waals surface area contributed by atoms with E-state index in [9.17, 15) is 9.18 Å². The maximum atomic E-state index is 14.9. The number of amidine groups is 1. The number of nitrogens with zero attached hydrogens (tertiary/aromatic N) is 4. The second-order valence-corrected chi connectivity index (χ2v) is 8.05. The molecule has 1 aromatic carbocycles. The summed E-state index contributed by atoms with van der Waals surface area (Å²) in [6.07, 6.45) is 3.44. The maximum absolute atomic E-state index is 14.9. The minimum Gasteiger partial charge on any atom is -0.353 e. The average molecular weight is 428 g/mol. The van der Waals surface area contributed by atoms with Crippen molar-refractivity contribution in [2.45, 2.75) is 39.8 Å². The van der Waals surface area contributed by atoms with Crippen molar-refractivity contribution in [1.29, 1.82) is 5.26 Å². The van der Waals surface area contributed by atoms with Crippen LogP contribution in [0.5, 0.6) is 0 Å². The van der Waals surface area contributed by atoms with E-state index in [4.69, 9.17) is 5.26 Å². The first-order valence-corrected chi connectivity index (χ1v) is 10.5. The van der Waals surface area contributed by atoms with E-state index in [2.05, 4.69) is 21.8 Å². The van der Waals surface area contributed by atoms with Crippen LogP contribution in [-0.2, 0) is 10.5 Å². The summed E-state index contributed by atoms with van der Waals surface area (Å²) in [7, 11) is 0. The summed E-state index contributed by atoms with van der Waals surface area (Å²) in [6, 6.07) is 9.16. The number of aliphatic imine (C=N–C) groups is 1. The van der Waals surface area contributed by atoms with E-state index in [-0.39, 0.29) is 19.7 Å². The Morgan fingerprint density at radius 2 is 1.90 bits per heavy atom. The highest BCUT2D eigenvalue weighted by Crippen LogP contribution is 2.34. The zero-order valence-corrected chi connectivity index (χ0v) is 18.9. The number of hydrogen-bond donors (Lipinski definition) is 1. The van der Waals surface area contributed by atoms with Gasteiger partial charge in [0.25, 0.3) is 0 Å². The highest BCUT2D eigenvalue weighted by atomic mass is 19.1. The van der Waals surface area contributed by atoms with Gasteiger partial charge in [-0.05, 0) is 37.5 Å². The van der Waals surface area contributed by atoms with Crippen LogP contribution in [0, 0.1) is 17.2 Å². The van der Waals surface area contributed by atoms with Gasteiger partial charge in [-0.3, -0.25) is 4.79 Å². The van der Waals surface area contributed by atoms with E-state index in [1.807, 2.05) is 45.0 Å². The monoisotopic (exact) mass is 427 g/mol. The first-order chi connectivity index (χ1) is 14.7. The van der Waals surface area contributed by atoms with Crippen LogP contribution in [0.1, 0.15) is 41.1 Å². The molecule has 0 saturated carbocycles. The molecule has 1 amide bonds. The molecule has 0 radical (unpaired) electrons. The van der Waals surface area contributed by atoms with Crippen LogP contribution in [0.2, 0.25) is 0 Å². The number of alkyl halides is 1. The van der Waals surface area contributed by atoms with Crippen molar-refractivity contribution in [2.75, 3.05) is 31.5 Å². The second-order valence-electron chi connectivity index (χ2n) is 8.05. The number of nitriles is 1. The smallest absolute Gasteiger partial charge is 0.236 e. The van der Waals surface area contributed by atoms with E-state index in [0.29, 0.717) is 43.3 Å². The van der Waals surface area contributed by atoms with Gasteiger partial charge in [-0.15, -0.1) is 0 Å². The van der Waals surface area contributed by atoms with Crippen LogP contribution in [-0.4, -0.2) is 47.7 Å². The fourth-order valence-electron chi connectivity index (χ4n) is 3.29. The summed E-state index contributed by atoms with van der Waals surface area (Å²) in [5.41, 5.74) is 0.662. The number of anilines is 1. The molecule has 1 N–H and O–H groups in total. The number of allylic oxidation sites excluding steroid dienone is 1. The zero-order chi connectivity index (χ0) is 23.0. The highest BCUT2D eigenvalue weighted by Gasteiger charge is 2.30. The molecule has 1 saturated heterocycles. The molecule has 1 atom stereocenters. The van der Waals surface area contributed by atoms with Crippen LogP contribution < -0.4 is 5.32 Å². The number of benzene rings is 1. The summed E-state index contributed by atoms with van der Waals surface area (Å²) in [5, 5.41) is 12.0. The number of rotatable bonds is 7. The van der Waals surface area contributed by atoms with Crippen molar-refractivity contribution in [3.63, 3.8) is 0 Å². The Morgan fingerprint density at radius 1 is 1.32 bits per heavy atom. The minimum absolute atomic E-state index is 0. The van der Waals surface area contributed by atoms with Gasteiger partial charge in [-0.2, -0.15) is 5.26 Å². The molecule has 0 spiro atoms. The first-order valence-electron chi connectivity index (χ1n) is 10.5. The highest BCUT2D eigenvalue weighted by molar-refractivity contribution is 6.00.